The number of rotatable bonds is 6. The molecule has 0 spiro atoms. The van der Waals surface area contributed by atoms with Gasteiger partial charge in [-0.3, -0.25) is 5.43 Å². The molecule has 0 atom stereocenters. The van der Waals surface area contributed by atoms with E-state index in [9.17, 15) is 13.5 Å². The van der Waals surface area contributed by atoms with E-state index in [2.05, 4.69) is 15.6 Å². The van der Waals surface area contributed by atoms with Crippen molar-refractivity contribution in [1.82, 2.24) is 9.78 Å². The highest BCUT2D eigenvalue weighted by atomic mass is 32.2. The molecule has 0 unspecified atom stereocenters. The number of aromatic hydroxyl groups is 1. The van der Waals surface area contributed by atoms with E-state index in [0.29, 0.717) is 11.5 Å². The van der Waals surface area contributed by atoms with Gasteiger partial charge in [0.25, 0.3) is 0 Å². The van der Waals surface area contributed by atoms with Gasteiger partial charge in [0.05, 0.1) is 28.2 Å². The minimum atomic E-state index is -3.47. The van der Waals surface area contributed by atoms with E-state index < -0.39 is 15.1 Å². The number of benzene rings is 2. The Hall–Kier alpha value is -3.13. The predicted octanol–water partition coefficient (Wildman–Crippen LogP) is 3.21. The number of sulfone groups is 1. The predicted molar refractivity (Wildman–Crippen MR) is 105 cm³/mol. The number of hydrogen-bond donors (Lipinski definition) is 2. The lowest BCUT2D eigenvalue weighted by atomic mass is 10.2. The third kappa shape index (κ3) is 4.01. The van der Waals surface area contributed by atoms with Crippen LogP contribution in [0.2, 0.25) is 0 Å². The molecule has 8 heteroatoms. The maximum Gasteiger partial charge on any atom is 0.182 e. The van der Waals surface area contributed by atoms with Crippen LogP contribution < -0.4 is 5.43 Å². The molecule has 0 bridgehead atoms. The molecule has 0 aliphatic rings. The fourth-order valence-electron chi connectivity index (χ4n) is 2.44. The van der Waals surface area contributed by atoms with Crippen LogP contribution >= 0.6 is 0 Å². The molecule has 3 aromatic rings. The number of phenolic OH excluding ortho intramolecular Hbond substituents is 1. The molecule has 2 aromatic carbocycles. The highest BCUT2D eigenvalue weighted by Crippen LogP contribution is 2.25. The van der Waals surface area contributed by atoms with Gasteiger partial charge in [-0.1, -0.05) is 12.1 Å². The topological polar surface area (TPSA) is 96.6 Å². The van der Waals surface area contributed by atoms with Crippen molar-refractivity contribution in [1.29, 1.82) is 0 Å². The lowest BCUT2D eigenvalue weighted by Gasteiger charge is -2.14. The largest absolute Gasteiger partial charge is 0.508 e. The summed E-state index contributed by atoms with van der Waals surface area (Å²) in [5, 5.41) is 17.2. The van der Waals surface area contributed by atoms with Gasteiger partial charge in [-0.15, -0.1) is 0 Å². The summed E-state index contributed by atoms with van der Waals surface area (Å²) in [5.41, 5.74) is 4.13. The highest BCUT2D eigenvalue weighted by Gasteiger charge is 2.24. The standard InChI is InChI=1S/C19H20N4O3S/c1-14(2)27(25,26)18-6-4-3-5-17(18)23-19(11-12-21-23)22-20-13-15-7-9-16(24)10-8-15/h3-14,22,24H,1-2H3. The quantitative estimate of drug-likeness (QED) is 0.502. The summed E-state index contributed by atoms with van der Waals surface area (Å²) in [5.74, 6) is 0.706. The summed E-state index contributed by atoms with van der Waals surface area (Å²) in [7, 11) is -3.47. The van der Waals surface area contributed by atoms with Gasteiger partial charge >= 0.3 is 0 Å². The second-order valence-corrected chi connectivity index (χ2v) is 8.62. The van der Waals surface area contributed by atoms with Crippen LogP contribution in [0.15, 0.2) is 70.8 Å². The van der Waals surface area contributed by atoms with E-state index in [0.717, 1.165) is 5.56 Å². The first-order valence-electron chi connectivity index (χ1n) is 8.35. The summed E-state index contributed by atoms with van der Waals surface area (Å²) in [6.07, 6.45) is 3.16. The zero-order valence-corrected chi connectivity index (χ0v) is 15.8. The number of anilines is 1. The number of aromatic nitrogens is 2. The highest BCUT2D eigenvalue weighted by molar-refractivity contribution is 7.92. The normalized spacial score (nSPS) is 12.0. The molecule has 7 nitrogen and oxygen atoms in total. The van der Waals surface area contributed by atoms with Crippen molar-refractivity contribution < 1.29 is 13.5 Å². The van der Waals surface area contributed by atoms with Crippen LogP contribution in [0.5, 0.6) is 5.75 Å². The molecule has 140 valence electrons. The number of nitrogens with one attached hydrogen (secondary N) is 1. The van der Waals surface area contributed by atoms with Crippen molar-refractivity contribution in [2.24, 2.45) is 5.10 Å². The molecule has 0 radical (unpaired) electrons. The van der Waals surface area contributed by atoms with Gasteiger partial charge in [0.15, 0.2) is 9.84 Å². The summed E-state index contributed by atoms with van der Waals surface area (Å²) < 4.78 is 26.9. The molecule has 2 N–H and O–H groups in total. The van der Waals surface area contributed by atoms with E-state index in [1.807, 2.05) is 0 Å². The maximum atomic E-state index is 12.7. The molecule has 0 saturated heterocycles. The number of nitrogens with zero attached hydrogens (tertiary/aromatic N) is 3. The van der Waals surface area contributed by atoms with E-state index in [4.69, 9.17) is 0 Å². The smallest absolute Gasteiger partial charge is 0.182 e. The third-order valence-electron chi connectivity index (χ3n) is 3.95. The average molecular weight is 384 g/mol. The Labute approximate surface area is 157 Å². The monoisotopic (exact) mass is 384 g/mol. The molecule has 0 amide bonds. The van der Waals surface area contributed by atoms with Crippen LogP contribution in [0.4, 0.5) is 5.82 Å². The van der Waals surface area contributed by atoms with Gasteiger partial charge < -0.3 is 5.11 Å². The van der Waals surface area contributed by atoms with E-state index in [-0.39, 0.29) is 10.6 Å². The molecule has 27 heavy (non-hydrogen) atoms. The zero-order chi connectivity index (χ0) is 19.4. The summed E-state index contributed by atoms with van der Waals surface area (Å²) in [6, 6.07) is 15.0. The van der Waals surface area contributed by atoms with Crippen molar-refractivity contribution >= 4 is 21.9 Å². The minimum Gasteiger partial charge on any atom is -0.508 e. The van der Waals surface area contributed by atoms with Gasteiger partial charge in [0.2, 0.25) is 0 Å². The molecular formula is C19H20N4O3S. The van der Waals surface area contributed by atoms with Crippen LogP contribution in [0, 0.1) is 0 Å². The SMILES string of the molecule is CC(C)S(=O)(=O)c1ccccc1-n1nccc1NN=Cc1ccc(O)cc1. The number of phenols is 1. The van der Waals surface area contributed by atoms with Crippen molar-refractivity contribution in [2.45, 2.75) is 24.0 Å². The van der Waals surface area contributed by atoms with Gasteiger partial charge in [-0.2, -0.15) is 10.2 Å². The molecule has 0 saturated carbocycles. The average Bonchev–Trinajstić information content (AvgIpc) is 3.11. The first-order chi connectivity index (χ1) is 12.9. The Balaban J connectivity index is 1.91. The van der Waals surface area contributed by atoms with Crippen molar-refractivity contribution in [3.63, 3.8) is 0 Å². The molecule has 0 aliphatic carbocycles. The maximum absolute atomic E-state index is 12.7. The molecule has 3 rings (SSSR count). The van der Waals surface area contributed by atoms with E-state index in [1.165, 1.54) is 4.68 Å². The van der Waals surface area contributed by atoms with E-state index in [1.54, 1.807) is 80.9 Å². The third-order valence-corrected chi connectivity index (χ3v) is 6.15. The minimum absolute atomic E-state index is 0.182. The second kappa shape index (κ2) is 7.63. The molecule has 1 aromatic heterocycles. The van der Waals surface area contributed by atoms with Gasteiger partial charge in [-0.05, 0) is 55.8 Å². The van der Waals surface area contributed by atoms with Crippen LogP contribution in [0.3, 0.4) is 0 Å². The second-order valence-electron chi connectivity index (χ2n) is 6.15. The Morgan fingerprint density at radius 2 is 1.81 bits per heavy atom. The van der Waals surface area contributed by atoms with Crippen LogP contribution in [-0.2, 0) is 9.84 Å². The summed E-state index contributed by atoms with van der Waals surface area (Å²) in [4.78, 5) is 0.217. The Morgan fingerprint density at radius 3 is 2.52 bits per heavy atom. The molecule has 1 heterocycles. The summed E-state index contributed by atoms with van der Waals surface area (Å²) in [6.45, 7) is 3.30. The first-order valence-corrected chi connectivity index (χ1v) is 9.89. The fourth-order valence-corrected chi connectivity index (χ4v) is 3.66. The van der Waals surface area contributed by atoms with E-state index >= 15 is 0 Å². The lowest BCUT2D eigenvalue weighted by molar-refractivity contribution is 0.475. The van der Waals surface area contributed by atoms with Gasteiger partial charge in [0.1, 0.15) is 11.6 Å². The Morgan fingerprint density at radius 1 is 1.11 bits per heavy atom. The van der Waals surface area contributed by atoms with Crippen LogP contribution in [-0.4, -0.2) is 34.8 Å². The molecule has 0 aliphatic heterocycles. The summed E-state index contributed by atoms with van der Waals surface area (Å²) >= 11 is 0. The number of hydrogen-bond acceptors (Lipinski definition) is 6. The van der Waals surface area contributed by atoms with Crippen molar-refractivity contribution in [3.8, 4) is 11.4 Å². The van der Waals surface area contributed by atoms with Crippen LogP contribution in [0.1, 0.15) is 19.4 Å². The van der Waals surface area contributed by atoms with Crippen LogP contribution in [0.25, 0.3) is 5.69 Å². The van der Waals surface area contributed by atoms with Crippen molar-refractivity contribution in [2.75, 3.05) is 5.43 Å². The Kier molecular flexibility index (Phi) is 5.27. The Bertz CT molecular complexity index is 1050. The van der Waals surface area contributed by atoms with Gasteiger partial charge in [-0.25, -0.2) is 13.1 Å². The lowest BCUT2D eigenvalue weighted by Crippen LogP contribution is -2.17. The first kappa shape index (κ1) is 18.7. The number of hydrazone groups is 1. The number of para-hydroxylation sites is 1. The molecule has 0 fully saturated rings. The zero-order valence-electron chi connectivity index (χ0n) is 14.9. The molecular weight excluding hydrogens is 364 g/mol. The fraction of sp³-hybridized carbons (Fsp3) is 0.158. The van der Waals surface area contributed by atoms with Gasteiger partial charge in [0, 0.05) is 6.07 Å². The van der Waals surface area contributed by atoms with Crippen molar-refractivity contribution in [3.05, 3.63) is 66.4 Å².